The van der Waals surface area contributed by atoms with E-state index in [9.17, 15) is 0 Å². The average molecular weight is 1320 g/mol. The van der Waals surface area contributed by atoms with E-state index in [0.29, 0.717) is 34.1 Å². The van der Waals surface area contributed by atoms with Gasteiger partial charge in [0, 0.05) is 123 Å². The summed E-state index contributed by atoms with van der Waals surface area (Å²) >= 11 is 0. The summed E-state index contributed by atoms with van der Waals surface area (Å²) in [6, 6.07) is 42.7. The Morgan fingerprint density at radius 3 is 1.19 bits per heavy atom. The number of aromatic nitrogens is 8. The predicted octanol–water partition coefficient (Wildman–Crippen LogP) is 20.1. The monoisotopic (exact) mass is 1320 g/mol. The molecule has 16 rings (SSSR count). The fourth-order valence-electron chi connectivity index (χ4n) is 13.9. The van der Waals surface area contributed by atoms with Crippen molar-refractivity contribution in [3.8, 4) is 45.0 Å². The van der Waals surface area contributed by atoms with Crippen LogP contribution in [0.3, 0.4) is 0 Å². The lowest BCUT2D eigenvalue weighted by molar-refractivity contribution is -0.660. The normalized spacial score (nSPS) is 13.6. The molecule has 4 aromatic carbocycles. The molecule has 1 atom stereocenters. The first-order valence-corrected chi connectivity index (χ1v) is 33.7. The molecule has 12 nitrogen and oxygen atoms in total. The summed E-state index contributed by atoms with van der Waals surface area (Å²) in [6.07, 6.45) is 7.78. The second-order valence-corrected chi connectivity index (χ2v) is 27.3. The number of nitrogens with zero attached hydrogens (tertiary/aromatic N) is 8. The van der Waals surface area contributed by atoms with Crippen molar-refractivity contribution in [3.05, 3.63) is 236 Å². The van der Waals surface area contributed by atoms with Gasteiger partial charge in [-0.1, -0.05) is 64.0 Å². The van der Waals surface area contributed by atoms with Crippen LogP contribution in [0.1, 0.15) is 133 Å². The topological polar surface area (TPSA) is 120 Å². The summed E-state index contributed by atoms with van der Waals surface area (Å²) in [4.78, 5) is 18.2. The van der Waals surface area contributed by atoms with Crippen molar-refractivity contribution in [2.24, 2.45) is 28.2 Å². The lowest BCUT2D eigenvalue weighted by Gasteiger charge is -2.10. The first-order chi connectivity index (χ1) is 50.0. The molecular weight excluding hydrogens is 1220 g/mol. The van der Waals surface area contributed by atoms with Gasteiger partial charge in [0.15, 0.2) is 47.1 Å². The van der Waals surface area contributed by atoms with E-state index in [-0.39, 0.29) is 0 Å². The van der Waals surface area contributed by atoms with Crippen molar-refractivity contribution in [2.75, 3.05) is 0 Å². The van der Waals surface area contributed by atoms with Gasteiger partial charge in [0.05, 0.1) is 22.3 Å². The van der Waals surface area contributed by atoms with Crippen LogP contribution in [0.25, 0.3) is 133 Å². The van der Waals surface area contributed by atoms with Gasteiger partial charge in [-0.2, -0.15) is 0 Å². The minimum Gasteiger partial charge on any atom is -0.437 e. The summed E-state index contributed by atoms with van der Waals surface area (Å²) in [5.74, 6) is -1.24. The van der Waals surface area contributed by atoms with Crippen molar-refractivity contribution in [3.63, 3.8) is 0 Å². The SMILES string of the molecule is Cc1ccc2c(n1)oc1c(-c3cc(C(C)C)cc[n+]3C)c(C)cc(C)c12.Cc1ccc2c(n1)oc1c(-c3cc(C)c(C)c[n+]3C)c(C)cc(C)c12.[2H]C([2H])([2H])C([2H])(C)c1cc[n+](C)c(-c2c(C)ccc3c2oc2nc(C)ccc23)c1.[2H]C([2H])([2H])c1ccc(-c2c(C)ccc3c2oc2nc(C)ccc23)[n+](C)c1. The largest absolute Gasteiger partial charge is 0.437 e. The van der Waals surface area contributed by atoms with Crippen LogP contribution >= 0.6 is 0 Å². The maximum atomic E-state index is 8.47. The molecule has 0 radical (unpaired) electrons. The number of benzene rings is 4. The van der Waals surface area contributed by atoms with Gasteiger partial charge in [-0.05, 0) is 206 Å². The molecule has 0 amide bonds. The van der Waals surface area contributed by atoms with E-state index in [4.69, 9.17) is 27.3 Å². The van der Waals surface area contributed by atoms with Crippen molar-refractivity contribution in [1.82, 2.24) is 19.9 Å². The van der Waals surface area contributed by atoms with E-state index in [1.54, 1.807) is 30.6 Å². The van der Waals surface area contributed by atoms with E-state index in [0.717, 1.165) is 128 Å². The van der Waals surface area contributed by atoms with Crippen LogP contribution in [0.2, 0.25) is 0 Å². The van der Waals surface area contributed by atoms with Gasteiger partial charge >= 0.3 is 0 Å². The summed E-state index contributed by atoms with van der Waals surface area (Å²) in [6.45, 7) is 26.1. The van der Waals surface area contributed by atoms with Crippen molar-refractivity contribution >= 4 is 88.3 Å². The average Bonchev–Trinajstić information content (AvgIpc) is 1.54. The molecule has 0 aliphatic rings. The van der Waals surface area contributed by atoms with Gasteiger partial charge < -0.3 is 17.7 Å². The van der Waals surface area contributed by atoms with Gasteiger partial charge in [0.2, 0.25) is 45.6 Å². The lowest BCUT2D eigenvalue weighted by atomic mass is 9.95. The minimum absolute atomic E-state index is 0.315. The zero-order valence-corrected chi connectivity index (χ0v) is 60.2. The Kier molecular flexibility index (Phi) is 15.5. The quantitative estimate of drug-likeness (QED) is 0.151. The highest BCUT2D eigenvalue weighted by molar-refractivity contribution is 6.13. The lowest BCUT2D eigenvalue weighted by Crippen LogP contribution is -2.31. The highest BCUT2D eigenvalue weighted by Crippen LogP contribution is 2.43. The van der Waals surface area contributed by atoms with Gasteiger partial charge in [-0.15, -0.1) is 0 Å². The number of hydrogen-bond donors (Lipinski definition) is 0. The van der Waals surface area contributed by atoms with Crippen LogP contribution in [-0.4, -0.2) is 19.9 Å². The minimum atomic E-state index is -2.44. The Morgan fingerprint density at radius 2 is 0.737 bits per heavy atom. The molecule has 0 fully saturated rings. The number of hydrogen-bond acceptors (Lipinski definition) is 8. The molecular formula is C87H90N8O4+4. The first-order valence-electron chi connectivity index (χ1n) is 37.2. The molecule has 0 bridgehead atoms. The fraction of sp³-hybridized carbons (Fsp3) is 0.264. The van der Waals surface area contributed by atoms with Crippen molar-refractivity contribution < 1.29 is 45.5 Å². The zero-order chi connectivity index (χ0) is 76.2. The molecule has 498 valence electrons. The van der Waals surface area contributed by atoms with Gasteiger partial charge in [0.1, 0.15) is 28.2 Å². The maximum Gasteiger partial charge on any atom is 0.227 e. The van der Waals surface area contributed by atoms with E-state index in [2.05, 4.69) is 166 Å². The molecule has 1 unspecified atom stereocenters. The predicted molar refractivity (Wildman–Crippen MR) is 402 cm³/mol. The van der Waals surface area contributed by atoms with E-state index < -0.39 is 19.6 Å². The second kappa shape index (κ2) is 26.3. The molecule has 0 aliphatic carbocycles. The third-order valence-electron chi connectivity index (χ3n) is 19.3. The highest BCUT2D eigenvalue weighted by atomic mass is 16.4. The van der Waals surface area contributed by atoms with Crippen LogP contribution in [-0.2, 0) is 28.2 Å². The molecule has 12 heteroatoms. The number of aryl methyl sites for hydroxylation is 17. The molecule has 16 aromatic rings. The van der Waals surface area contributed by atoms with Crippen LogP contribution < -0.4 is 18.3 Å². The summed E-state index contributed by atoms with van der Waals surface area (Å²) in [5.41, 5.74) is 29.5. The smallest absolute Gasteiger partial charge is 0.227 e. The standard InChI is InChI=1S/C23H25N2O.2C22H23N2O.C20H19N2O/c1-13(2)17-9-10-25(6)19(12-17)21-15(4)11-14(3)20-18-8-7-16(5)24-23(18)26-22(20)21;1-12-10-18(24(6)11-15(12)4)20-14(3)9-13(2)19-17-8-7-16(5)23-22(17)25-21(19)20;1-13(2)16-10-11-24(5)19(12-16)20-14(3)6-8-17-18-9-7-15(4)23-22(18)25-21(17)20;1-12-5-10-17(22(4)11-12)18-13(2)6-8-15-16-9-7-14(3)21-20(16)23-19(15)18/h7-13H,1-6H3;7-11H,1-6H3;6-13H,1-5H3;5-11H,1-4H3/q4*+1/i;;1D3,13D;1D3. The molecule has 0 aliphatic heterocycles. The molecule has 12 heterocycles. The van der Waals surface area contributed by atoms with E-state index in [1.165, 1.54) is 68.0 Å². The Morgan fingerprint density at radius 1 is 0.343 bits per heavy atom. The molecule has 99 heavy (non-hydrogen) atoms. The molecule has 12 aromatic heterocycles. The van der Waals surface area contributed by atoms with Crippen LogP contribution in [0.5, 0.6) is 0 Å². The Balaban J connectivity index is 0.000000125. The molecule has 0 spiro atoms. The fourth-order valence-corrected chi connectivity index (χ4v) is 13.9. The van der Waals surface area contributed by atoms with Crippen LogP contribution in [0.15, 0.2) is 170 Å². The van der Waals surface area contributed by atoms with Crippen molar-refractivity contribution in [1.29, 1.82) is 0 Å². The van der Waals surface area contributed by atoms with E-state index >= 15 is 0 Å². The number of fused-ring (bicyclic) bond motifs is 12. The third kappa shape index (κ3) is 12.4. The Bertz CT molecular complexity index is 6230. The molecule has 0 N–H and O–H groups in total. The second-order valence-electron chi connectivity index (χ2n) is 27.3. The first kappa shape index (κ1) is 58.4. The van der Waals surface area contributed by atoms with Gasteiger partial charge in [-0.25, -0.2) is 38.2 Å². The third-order valence-corrected chi connectivity index (χ3v) is 19.3. The summed E-state index contributed by atoms with van der Waals surface area (Å²) in [5, 5.41) is 8.41. The van der Waals surface area contributed by atoms with Crippen molar-refractivity contribution in [2.45, 2.75) is 129 Å². The van der Waals surface area contributed by atoms with Crippen LogP contribution in [0, 0.1) is 89.9 Å². The number of furan rings is 4. The summed E-state index contributed by atoms with van der Waals surface area (Å²) < 4.78 is 87.6. The number of rotatable bonds is 6. The van der Waals surface area contributed by atoms with E-state index in [1.807, 2.05) is 119 Å². The molecule has 0 saturated heterocycles. The Hall–Kier alpha value is -10.7. The van der Waals surface area contributed by atoms with Crippen LogP contribution in [0.4, 0.5) is 0 Å². The Labute approximate surface area is 589 Å². The highest BCUT2D eigenvalue weighted by Gasteiger charge is 2.28. The molecule has 0 saturated carbocycles. The maximum absolute atomic E-state index is 8.47. The zero-order valence-electron chi connectivity index (χ0n) is 67.2. The summed E-state index contributed by atoms with van der Waals surface area (Å²) in [7, 11) is 7.94. The number of pyridine rings is 8. The van der Waals surface area contributed by atoms with Gasteiger partial charge in [0.25, 0.3) is 0 Å². The van der Waals surface area contributed by atoms with Gasteiger partial charge in [-0.3, -0.25) is 0 Å².